The number of nitrogens with zero attached hydrogens (tertiary/aromatic N) is 4. The number of hydrogen-bond acceptors (Lipinski definition) is 7. The van der Waals surface area contributed by atoms with E-state index in [2.05, 4.69) is 34.6 Å². The van der Waals surface area contributed by atoms with Crippen molar-refractivity contribution in [1.82, 2.24) is 30.0 Å². The Kier molecular flexibility index (Phi) is 7.03. The summed E-state index contributed by atoms with van der Waals surface area (Å²) < 4.78 is 7.67. The molecule has 1 saturated carbocycles. The van der Waals surface area contributed by atoms with E-state index >= 15 is 0 Å². The molecule has 2 N–H and O–H groups in total. The second-order valence-corrected chi connectivity index (χ2v) is 8.05. The van der Waals surface area contributed by atoms with Gasteiger partial charge in [-0.1, -0.05) is 26.7 Å². The Hall–Kier alpha value is -3.24. The second-order valence-electron chi connectivity index (χ2n) is 8.05. The molecule has 0 spiro atoms. The molecule has 0 saturated heterocycles. The number of hydrogen-bond donors (Lipinski definition) is 2. The number of urea groups is 1. The van der Waals surface area contributed by atoms with Crippen LogP contribution in [-0.4, -0.2) is 49.9 Å². The summed E-state index contributed by atoms with van der Waals surface area (Å²) in [5.41, 5.74) is 0.141. The number of carbonyl (C=O) groups is 3. The van der Waals surface area contributed by atoms with Crippen LogP contribution in [0.2, 0.25) is 0 Å². The van der Waals surface area contributed by atoms with Gasteiger partial charge in [0.1, 0.15) is 5.39 Å². The molecule has 2 aromatic heterocycles. The van der Waals surface area contributed by atoms with Crippen LogP contribution in [0.15, 0.2) is 17.3 Å². The average Bonchev–Trinajstić information content (AvgIpc) is 3.11. The number of aryl methyl sites for hydroxylation is 2. The van der Waals surface area contributed by atoms with E-state index in [-0.39, 0.29) is 24.6 Å². The molecule has 2 heterocycles. The Morgan fingerprint density at radius 1 is 1.26 bits per heavy atom. The minimum absolute atomic E-state index is 0.0168. The lowest BCUT2D eigenvalue weighted by molar-refractivity contribution is -0.148. The Labute approximate surface area is 179 Å². The molecule has 11 nitrogen and oxygen atoms in total. The number of aromatic nitrogens is 4. The summed E-state index contributed by atoms with van der Waals surface area (Å²) in [6.45, 7) is 3.72. The fraction of sp³-hybridized carbons (Fsp3) is 0.600. The van der Waals surface area contributed by atoms with E-state index in [9.17, 15) is 19.2 Å². The van der Waals surface area contributed by atoms with Gasteiger partial charge in [0.2, 0.25) is 0 Å². The van der Waals surface area contributed by atoms with Gasteiger partial charge >= 0.3 is 12.0 Å². The number of imide groups is 1. The highest BCUT2D eigenvalue weighted by Gasteiger charge is 2.28. The van der Waals surface area contributed by atoms with Gasteiger partial charge in [0.25, 0.3) is 11.5 Å². The van der Waals surface area contributed by atoms with Crippen LogP contribution in [-0.2, 0) is 27.9 Å². The molecular weight excluding hydrogens is 404 g/mol. The van der Waals surface area contributed by atoms with Crippen molar-refractivity contribution in [3.05, 3.63) is 22.9 Å². The molecule has 3 unspecified atom stereocenters. The molecule has 168 valence electrons. The molecule has 1 fully saturated rings. The molecule has 0 bridgehead atoms. The quantitative estimate of drug-likeness (QED) is 0.642. The van der Waals surface area contributed by atoms with E-state index in [1.54, 1.807) is 7.05 Å². The predicted octanol–water partition coefficient (Wildman–Crippen LogP) is 0.714. The van der Waals surface area contributed by atoms with Crippen molar-refractivity contribution in [3.8, 4) is 0 Å². The minimum Gasteiger partial charge on any atom is -0.456 e. The van der Waals surface area contributed by atoms with Gasteiger partial charge in [-0.25, -0.2) is 9.78 Å². The lowest BCUT2D eigenvalue weighted by atomic mass is 9.78. The summed E-state index contributed by atoms with van der Waals surface area (Å²) in [6, 6.07) is -0.572. The average molecular weight is 432 g/mol. The number of nitrogens with one attached hydrogen (secondary N) is 2. The van der Waals surface area contributed by atoms with Crippen molar-refractivity contribution in [2.75, 3.05) is 6.61 Å². The zero-order valence-electron chi connectivity index (χ0n) is 18.0. The van der Waals surface area contributed by atoms with Crippen molar-refractivity contribution >= 4 is 28.9 Å². The van der Waals surface area contributed by atoms with Gasteiger partial charge in [0, 0.05) is 19.6 Å². The molecule has 3 atom stereocenters. The summed E-state index contributed by atoms with van der Waals surface area (Å²) in [7, 11) is 1.68. The van der Waals surface area contributed by atoms with Gasteiger partial charge in [-0.05, 0) is 18.3 Å². The lowest BCUT2D eigenvalue weighted by Gasteiger charge is -2.34. The van der Waals surface area contributed by atoms with Gasteiger partial charge in [-0.2, -0.15) is 5.10 Å². The first kappa shape index (κ1) is 22.4. The Morgan fingerprint density at radius 3 is 2.81 bits per heavy atom. The highest BCUT2D eigenvalue weighted by molar-refractivity contribution is 5.95. The maximum atomic E-state index is 12.4. The Bertz CT molecular complexity index is 1030. The van der Waals surface area contributed by atoms with Crippen LogP contribution in [0.5, 0.6) is 0 Å². The predicted molar refractivity (Wildman–Crippen MR) is 111 cm³/mol. The van der Waals surface area contributed by atoms with Crippen LogP contribution < -0.4 is 16.2 Å². The molecule has 3 amide bonds. The van der Waals surface area contributed by atoms with Crippen LogP contribution in [0.4, 0.5) is 4.79 Å². The summed E-state index contributed by atoms with van der Waals surface area (Å²) in [5.74, 6) is -0.532. The summed E-state index contributed by atoms with van der Waals surface area (Å²) >= 11 is 0. The van der Waals surface area contributed by atoms with Crippen LogP contribution in [0, 0.1) is 11.8 Å². The van der Waals surface area contributed by atoms with Gasteiger partial charge in [-0.15, -0.1) is 0 Å². The number of rotatable bonds is 6. The zero-order chi connectivity index (χ0) is 22.5. The van der Waals surface area contributed by atoms with E-state index in [1.165, 1.54) is 21.8 Å². The van der Waals surface area contributed by atoms with Crippen LogP contribution in [0.3, 0.4) is 0 Å². The molecule has 2 aromatic rings. The number of amides is 3. The summed E-state index contributed by atoms with van der Waals surface area (Å²) in [5, 5.41) is 9.34. The Balaban J connectivity index is 1.41. The minimum atomic E-state index is -0.710. The first-order valence-corrected chi connectivity index (χ1v) is 10.4. The van der Waals surface area contributed by atoms with E-state index < -0.39 is 24.5 Å². The molecular formula is C20H28N6O5. The van der Waals surface area contributed by atoms with E-state index in [0.717, 1.165) is 19.3 Å². The fourth-order valence-corrected chi connectivity index (χ4v) is 3.81. The van der Waals surface area contributed by atoms with Crippen LogP contribution in [0.1, 0.15) is 39.5 Å². The van der Waals surface area contributed by atoms with E-state index in [1.807, 2.05) is 0 Å². The standard InChI is InChI=1S/C20H28N6O5/c1-12-5-4-6-15(13(12)2)23-20(30)24-16(27)10-31-17(28)7-8-26-11-21-18-14(19(26)29)9-22-25(18)3/h9,11-13,15H,4-8,10H2,1-3H3,(H2,23,24,27,30). The normalized spacial score (nSPS) is 20.9. The SMILES string of the molecule is CC1CCCC(NC(=O)NC(=O)COC(=O)CCn2cnc3c(cnn3C)c2=O)C1C. The van der Waals surface area contributed by atoms with Gasteiger partial charge in [-0.3, -0.25) is 28.9 Å². The molecule has 0 aliphatic heterocycles. The summed E-state index contributed by atoms with van der Waals surface area (Å²) in [4.78, 5) is 52.4. The lowest BCUT2D eigenvalue weighted by Crippen LogP contribution is -2.49. The molecule has 11 heteroatoms. The monoisotopic (exact) mass is 432 g/mol. The number of fused-ring (bicyclic) bond motifs is 1. The Morgan fingerprint density at radius 2 is 2.03 bits per heavy atom. The largest absolute Gasteiger partial charge is 0.456 e. The molecule has 1 aliphatic carbocycles. The van der Waals surface area contributed by atoms with Crippen LogP contribution >= 0.6 is 0 Å². The fourth-order valence-electron chi connectivity index (χ4n) is 3.81. The van der Waals surface area contributed by atoms with Crippen molar-refractivity contribution in [2.45, 2.75) is 52.1 Å². The third-order valence-electron chi connectivity index (χ3n) is 5.92. The van der Waals surface area contributed by atoms with Crippen molar-refractivity contribution in [1.29, 1.82) is 0 Å². The van der Waals surface area contributed by atoms with Crippen LogP contribution in [0.25, 0.3) is 11.0 Å². The van der Waals surface area contributed by atoms with Gasteiger partial charge in [0.05, 0.1) is 18.9 Å². The number of carbonyl (C=O) groups excluding carboxylic acids is 3. The van der Waals surface area contributed by atoms with Gasteiger partial charge < -0.3 is 10.1 Å². The number of ether oxygens (including phenoxy) is 1. The first-order valence-electron chi connectivity index (χ1n) is 10.4. The molecule has 1 aliphatic rings. The van der Waals surface area contributed by atoms with Crippen molar-refractivity contribution < 1.29 is 19.1 Å². The van der Waals surface area contributed by atoms with E-state index in [4.69, 9.17) is 4.74 Å². The van der Waals surface area contributed by atoms with Crippen molar-refractivity contribution in [2.24, 2.45) is 18.9 Å². The van der Waals surface area contributed by atoms with Gasteiger partial charge in [0.15, 0.2) is 12.3 Å². The molecule has 31 heavy (non-hydrogen) atoms. The summed E-state index contributed by atoms with van der Waals surface area (Å²) in [6.07, 6.45) is 5.68. The third-order valence-corrected chi connectivity index (χ3v) is 5.92. The van der Waals surface area contributed by atoms with Crippen molar-refractivity contribution in [3.63, 3.8) is 0 Å². The van der Waals surface area contributed by atoms with E-state index in [0.29, 0.717) is 22.9 Å². The highest BCUT2D eigenvalue weighted by atomic mass is 16.5. The first-order chi connectivity index (χ1) is 14.8. The molecule has 3 rings (SSSR count). The zero-order valence-corrected chi connectivity index (χ0v) is 18.0. The molecule has 0 aromatic carbocycles. The third kappa shape index (κ3) is 5.47. The maximum absolute atomic E-state index is 12.4. The topological polar surface area (TPSA) is 137 Å². The highest BCUT2D eigenvalue weighted by Crippen LogP contribution is 2.29. The smallest absolute Gasteiger partial charge is 0.321 e. The molecule has 0 radical (unpaired) electrons. The number of esters is 1. The maximum Gasteiger partial charge on any atom is 0.321 e. The second kappa shape index (κ2) is 9.71.